The van der Waals surface area contributed by atoms with Crippen molar-refractivity contribution in [1.29, 1.82) is 0 Å². The summed E-state index contributed by atoms with van der Waals surface area (Å²) in [4.78, 5) is 36.0. The van der Waals surface area contributed by atoms with Crippen molar-refractivity contribution in [2.75, 3.05) is 13.1 Å². The molecule has 0 spiro atoms. The van der Waals surface area contributed by atoms with Gasteiger partial charge in [-0.15, -0.1) is 0 Å². The monoisotopic (exact) mass is 420 g/mol. The molecule has 0 aromatic rings. The maximum absolute atomic E-state index is 9.00. The van der Waals surface area contributed by atoms with Gasteiger partial charge in [-0.05, 0) is 0 Å². The molecule has 0 aromatic heterocycles. The molecule has 10 nitrogen and oxygen atoms in total. The quantitative estimate of drug-likeness (QED) is 0.221. The Labute approximate surface area is 266 Å². The standard InChI is InChI=1S/C2H8N2.4C2H4O2.5Na.5H/c3-1-2-4;4*1-2(3)4;;;;;;;;;;/h1-4H2;4*1H3,(H,3,4);;;;;;;;;;/q;;;;;5*+1;5*-1. The van der Waals surface area contributed by atoms with E-state index in [1.54, 1.807) is 0 Å². The second-order valence-electron chi connectivity index (χ2n) is 2.65. The van der Waals surface area contributed by atoms with E-state index in [0.29, 0.717) is 13.1 Å². The molecule has 0 rings (SSSR count). The minimum Gasteiger partial charge on any atom is -1.00 e. The molecule has 0 atom stereocenters. The fourth-order valence-corrected chi connectivity index (χ4v) is 0. The molecule has 0 saturated heterocycles. The molecule has 0 aromatic carbocycles. The third-order valence-electron chi connectivity index (χ3n) is 0.167. The molecule has 0 saturated carbocycles. The number of carboxylic acids is 4. The molecule has 0 radical (unpaired) electrons. The molecule has 15 heteroatoms. The molecule has 0 heterocycles. The van der Waals surface area contributed by atoms with Gasteiger partial charge in [0.05, 0.1) is 0 Å². The van der Waals surface area contributed by atoms with Gasteiger partial charge in [-0.1, -0.05) is 0 Å². The third-order valence-corrected chi connectivity index (χ3v) is 0.167. The Balaban J connectivity index is -0.00000000666. The predicted octanol–water partition coefficient (Wildman–Crippen LogP) is -15.2. The Bertz CT molecular complexity index is 227. The van der Waals surface area contributed by atoms with Gasteiger partial charge in [-0.25, -0.2) is 0 Å². The van der Waals surface area contributed by atoms with Gasteiger partial charge >= 0.3 is 148 Å². The first-order chi connectivity index (χ1) is 8.84. The van der Waals surface area contributed by atoms with Crippen molar-refractivity contribution in [3.63, 3.8) is 0 Å². The Morgan fingerprint density at radius 2 is 0.600 bits per heavy atom. The zero-order chi connectivity index (χ0) is 17.7. The second kappa shape index (κ2) is 63.2. The number of nitrogens with two attached hydrogens (primary N) is 2. The SMILES string of the molecule is CC(=O)O.CC(=O)O.CC(=O)O.CC(=O)O.NCCN.[H-].[H-].[H-].[H-].[H-].[Na+].[Na+].[Na+].[Na+].[Na+]. The summed E-state index contributed by atoms with van der Waals surface area (Å²) in [5, 5.41) is 29.7. The molecular formula is C10H29N2Na5O8. The first-order valence-corrected chi connectivity index (χ1v) is 5.03. The summed E-state index contributed by atoms with van der Waals surface area (Å²) in [5.41, 5.74) is 9.81. The molecule has 8 N–H and O–H groups in total. The van der Waals surface area contributed by atoms with Crippen LogP contribution in [0.2, 0.25) is 0 Å². The van der Waals surface area contributed by atoms with Crippen molar-refractivity contribution in [2.24, 2.45) is 11.5 Å². The molecule has 132 valence electrons. The summed E-state index contributed by atoms with van der Waals surface area (Å²) in [7, 11) is 0. The maximum atomic E-state index is 9.00. The fraction of sp³-hybridized carbons (Fsp3) is 0.600. The zero-order valence-corrected chi connectivity index (χ0v) is 27.0. The molecule has 0 bridgehead atoms. The number of carboxylic acid groups (broad SMARTS) is 4. The van der Waals surface area contributed by atoms with Crippen molar-refractivity contribution in [3.05, 3.63) is 0 Å². The average molecular weight is 420 g/mol. The van der Waals surface area contributed by atoms with E-state index in [1.165, 1.54) is 0 Å². The fourth-order valence-electron chi connectivity index (χ4n) is 0. The topological polar surface area (TPSA) is 201 Å². The Kier molecular flexibility index (Phi) is 159. The van der Waals surface area contributed by atoms with E-state index < -0.39 is 23.9 Å². The maximum Gasteiger partial charge on any atom is 1.00 e. The van der Waals surface area contributed by atoms with Crippen molar-refractivity contribution in [3.8, 4) is 0 Å². The number of carbonyl (C=O) groups is 4. The zero-order valence-electron chi connectivity index (χ0n) is 22.0. The van der Waals surface area contributed by atoms with Crippen LogP contribution in [0.1, 0.15) is 34.8 Å². The number of hydrogen-bond acceptors (Lipinski definition) is 6. The summed E-state index contributed by atoms with van der Waals surface area (Å²) in [5.74, 6) is -3.33. The van der Waals surface area contributed by atoms with Crippen LogP contribution in [-0.2, 0) is 19.2 Å². The van der Waals surface area contributed by atoms with E-state index in [9.17, 15) is 0 Å². The van der Waals surface area contributed by atoms with Crippen LogP contribution < -0.4 is 159 Å². The van der Waals surface area contributed by atoms with Crippen LogP contribution in [0.15, 0.2) is 0 Å². The van der Waals surface area contributed by atoms with Crippen molar-refractivity contribution in [2.45, 2.75) is 27.7 Å². The Morgan fingerprint density at radius 1 is 0.560 bits per heavy atom. The van der Waals surface area contributed by atoms with Crippen LogP contribution >= 0.6 is 0 Å². The van der Waals surface area contributed by atoms with Gasteiger partial charge in [0, 0.05) is 40.8 Å². The minimum absolute atomic E-state index is 0. The van der Waals surface area contributed by atoms with E-state index in [-0.39, 0.29) is 155 Å². The minimum atomic E-state index is -0.833. The smallest absolute Gasteiger partial charge is 1.00 e. The van der Waals surface area contributed by atoms with E-state index in [1.807, 2.05) is 0 Å². The number of aliphatic carboxylic acids is 4. The van der Waals surface area contributed by atoms with Gasteiger partial charge in [0.1, 0.15) is 0 Å². The summed E-state index contributed by atoms with van der Waals surface area (Å²) in [6.45, 7) is 5.53. The van der Waals surface area contributed by atoms with Crippen molar-refractivity contribution in [1.82, 2.24) is 0 Å². The number of hydrogen-bond donors (Lipinski definition) is 6. The van der Waals surface area contributed by atoms with Gasteiger partial charge in [-0.3, -0.25) is 19.2 Å². The van der Waals surface area contributed by atoms with Gasteiger partial charge < -0.3 is 39.0 Å². The van der Waals surface area contributed by atoms with Gasteiger partial charge in [0.25, 0.3) is 23.9 Å². The average Bonchev–Trinajstić information content (AvgIpc) is 2.13. The van der Waals surface area contributed by atoms with Gasteiger partial charge in [0.2, 0.25) is 0 Å². The predicted molar refractivity (Wildman–Crippen MR) is 76.9 cm³/mol. The van der Waals surface area contributed by atoms with Crippen LogP contribution in [0, 0.1) is 0 Å². The first-order valence-electron chi connectivity index (χ1n) is 5.03. The molecular weight excluding hydrogens is 391 g/mol. The second-order valence-corrected chi connectivity index (χ2v) is 2.65. The molecule has 0 aliphatic rings. The van der Waals surface area contributed by atoms with Crippen molar-refractivity contribution < 1.29 is 195 Å². The molecule has 0 amide bonds. The third kappa shape index (κ3) is 1140. The molecule has 0 unspecified atom stereocenters. The summed E-state index contributed by atoms with van der Waals surface area (Å²) in [6.07, 6.45) is 0. The normalized spacial score (nSPS) is 5.20. The Morgan fingerprint density at radius 3 is 0.600 bits per heavy atom. The molecule has 0 fully saturated rings. The van der Waals surface area contributed by atoms with E-state index in [0.717, 1.165) is 27.7 Å². The number of rotatable bonds is 1. The van der Waals surface area contributed by atoms with Crippen LogP contribution in [0.25, 0.3) is 0 Å². The molecule has 25 heavy (non-hydrogen) atoms. The van der Waals surface area contributed by atoms with Crippen LogP contribution in [-0.4, -0.2) is 57.4 Å². The summed E-state index contributed by atoms with van der Waals surface area (Å²) in [6, 6.07) is 0. The van der Waals surface area contributed by atoms with Crippen molar-refractivity contribution >= 4 is 23.9 Å². The van der Waals surface area contributed by atoms with Gasteiger partial charge in [0.15, 0.2) is 0 Å². The van der Waals surface area contributed by atoms with Crippen LogP contribution in [0.5, 0.6) is 0 Å². The van der Waals surface area contributed by atoms with Gasteiger partial charge in [-0.2, -0.15) is 0 Å². The van der Waals surface area contributed by atoms with Crippen LogP contribution in [0.4, 0.5) is 0 Å². The molecule has 0 aliphatic heterocycles. The van der Waals surface area contributed by atoms with E-state index >= 15 is 0 Å². The van der Waals surface area contributed by atoms with E-state index in [2.05, 4.69) is 0 Å². The van der Waals surface area contributed by atoms with Crippen LogP contribution in [0.3, 0.4) is 0 Å². The molecule has 0 aliphatic carbocycles. The largest absolute Gasteiger partial charge is 1.00 e. The first kappa shape index (κ1) is 63.0. The summed E-state index contributed by atoms with van der Waals surface area (Å²) >= 11 is 0. The Hall–Kier alpha value is 2.80. The summed E-state index contributed by atoms with van der Waals surface area (Å²) < 4.78 is 0. The van der Waals surface area contributed by atoms with E-state index in [4.69, 9.17) is 51.1 Å².